The van der Waals surface area contributed by atoms with Crippen molar-refractivity contribution in [2.45, 2.75) is 0 Å². The molecule has 0 atom stereocenters. The molecule has 0 saturated heterocycles. The fourth-order valence-corrected chi connectivity index (χ4v) is 1.76. The minimum Gasteiger partial charge on any atom is -0.289 e. The number of aromatic nitrogens is 3. The SMILES string of the molecule is Clc1cnc2nc(-c3ccccc3)cn2c1. The van der Waals surface area contributed by atoms with E-state index >= 15 is 0 Å². The van der Waals surface area contributed by atoms with E-state index in [0.717, 1.165) is 11.3 Å². The van der Waals surface area contributed by atoms with Crippen molar-refractivity contribution in [2.24, 2.45) is 0 Å². The van der Waals surface area contributed by atoms with Gasteiger partial charge in [-0.05, 0) is 0 Å². The molecule has 0 aliphatic carbocycles. The molecular weight excluding hydrogens is 222 g/mol. The van der Waals surface area contributed by atoms with Crippen LogP contribution in [0.1, 0.15) is 0 Å². The summed E-state index contributed by atoms with van der Waals surface area (Å²) >= 11 is 5.86. The van der Waals surface area contributed by atoms with Crippen molar-refractivity contribution in [1.29, 1.82) is 0 Å². The predicted molar refractivity (Wildman–Crippen MR) is 63.4 cm³/mol. The largest absolute Gasteiger partial charge is 0.289 e. The highest BCUT2D eigenvalue weighted by Crippen LogP contribution is 2.18. The van der Waals surface area contributed by atoms with Crippen LogP contribution < -0.4 is 0 Å². The Morgan fingerprint density at radius 2 is 1.88 bits per heavy atom. The minimum atomic E-state index is 0.601. The smallest absolute Gasteiger partial charge is 0.234 e. The number of imidazole rings is 1. The van der Waals surface area contributed by atoms with E-state index in [9.17, 15) is 0 Å². The quantitative estimate of drug-likeness (QED) is 0.642. The molecule has 0 amide bonds. The summed E-state index contributed by atoms with van der Waals surface area (Å²) in [5.74, 6) is 0.656. The third-order valence-electron chi connectivity index (χ3n) is 2.35. The van der Waals surface area contributed by atoms with Gasteiger partial charge in [0, 0.05) is 18.0 Å². The molecule has 2 aromatic heterocycles. The summed E-state index contributed by atoms with van der Waals surface area (Å²) in [7, 11) is 0. The number of hydrogen-bond donors (Lipinski definition) is 0. The van der Waals surface area contributed by atoms with Gasteiger partial charge < -0.3 is 0 Å². The van der Waals surface area contributed by atoms with Crippen LogP contribution in [0.3, 0.4) is 0 Å². The molecule has 0 radical (unpaired) electrons. The normalized spacial score (nSPS) is 10.8. The van der Waals surface area contributed by atoms with Crippen molar-refractivity contribution >= 4 is 17.4 Å². The van der Waals surface area contributed by atoms with Crippen LogP contribution in [0.5, 0.6) is 0 Å². The third kappa shape index (κ3) is 1.55. The average molecular weight is 230 g/mol. The van der Waals surface area contributed by atoms with E-state index in [1.165, 1.54) is 0 Å². The zero-order valence-electron chi connectivity index (χ0n) is 8.34. The highest BCUT2D eigenvalue weighted by molar-refractivity contribution is 6.30. The van der Waals surface area contributed by atoms with Crippen LogP contribution in [0.2, 0.25) is 5.02 Å². The van der Waals surface area contributed by atoms with Crippen LogP contribution in [0.15, 0.2) is 48.9 Å². The molecule has 78 valence electrons. The van der Waals surface area contributed by atoms with Crippen LogP contribution in [-0.2, 0) is 0 Å². The van der Waals surface area contributed by atoms with Gasteiger partial charge >= 0.3 is 0 Å². The van der Waals surface area contributed by atoms with Crippen LogP contribution in [-0.4, -0.2) is 14.4 Å². The lowest BCUT2D eigenvalue weighted by Crippen LogP contribution is -1.85. The van der Waals surface area contributed by atoms with E-state index < -0.39 is 0 Å². The minimum absolute atomic E-state index is 0.601. The van der Waals surface area contributed by atoms with Crippen LogP contribution >= 0.6 is 11.6 Å². The summed E-state index contributed by atoms with van der Waals surface area (Å²) in [6.45, 7) is 0. The van der Waals surface area contributed by atoms with Gasteiger partial charge in [-0.25, -0.2) is 9.97 Å². The van der Waals surface area contributed by atoms with Crippen molar-refractivity contribution in [3.63, 3.8) is 0 Å². The van der Waals surface area contributed by atoms with E-state index in [0.29, 0.717) is 10.8 Å². The lowest BCUT2D eigenvalue weighted by Gasteiger charge is -1.92. The maximum Gasteiger partial charge on any atom is 0.234 e. The first kappa shape index (κ1) is 9.36. The van der Waals surface area contributed by atoms with E-state index in [1.54, 1.807) is 12.4 Å². The van der Waals surface area contributed by atoms with Crippen LogP contribution in [0.25, 0.3) is 17.0 Å². The maximum absolute atomic E-state index is 5.86. The standard InChI is InChI=1S/C12H8ClN3/c13-10-6-14-12-15-11(8-16(12)7-10)9-4-2-1-3-5-9/h1-8H. The Kier molecular flexibility index (Phi) is 2.11. The van der Waals surface area contributed by atoms with Crippen molar-refractivity contribution in [3.05, 3.63) is 53.9 Å². The molecular formula is C12H8ClN3. The van der Waals surface area contributed by atoms with Gasteiger partial charge in [0.1, 0.15) is 0 Å². The summed E-state index contributed by atoms with van der Waals surface area (Å²) in [6, 6.07) is 9.99. The number of nitrogens with zero attached hydrogens (tertiary/aromatic N) is 3. The molecule has 0 bridgehead atoms. The summed E-state index contributed by atoms with van der Waals surface area (Å²) in [5, 5.41) is 0.601. The van der Waals surface area contributed by atoms with Gasteiger partial charge in [0.05, 0.1) is 16.9 Å². The molecule has 0 aliphatic rings. The Morgan fingerprint density at radius 1 is 1.06 bits per heavy atom. The highest BCUT2D eigenvalue weighted by Gasteiger charge is 2.04. The number of halogens is 1. The van der Waals surface area contributed by atoms with E-state index in [-0.39, 0.29) is 0 Å². The Morgan fingerprint density at radius 3 is 2.69 bits per heavy atom. The molecule has 0 aliphatic heterocycles. The Balaban J connectivity index is 2.19. The Bertz CT molecular complexity index is 631. The molecule has 0 saturated carbocycles. The molecule has 0 unspecified atom stereocenters. The molecule has 0 fully saturated rings. The van der Waals surface area contributed by atoms with Crippen molar-refractivity contribution in [3.8, 4) is 11.3 Å². The molecule has 3 aromatic rings. The average Bonchev–Trinajstić information content (AvgIpc) is 2.73. The van der Waals surface area contributed by atoms with Gasteiger partial charge in [0.2, 0.25) is 5.78 Å². The van der Waals surface area contributed by atoms with E-state index in [1.807, 2.05) is 40.9 Å². The molecule has 0 spiro atoms. The maximum atomic E-state index is 5.86. The second kappa shape index (κ2) is 3.61. The van der Waals surface area contributed by atoms with Gasteiger partial charge in [0.15, 0.2) is 0 Å². The molecule has 3 rings (SSSR count). The van der Waals surface area contributed by atoms with Crippen molar-refractivity contribution < 1.29 is 0 Å². The van der Waals surface area contributed by atoms with Crippen LogP contribution in [0.4, 0.5) is 0 Å². The zero-order chi connectivity index (χ0) is 11.0. The first-order valence-electron chi connectivity index (χ1n) is 4.88. The van der Waals surface area contributed by atoms with E-state index in [2.05, 4.69) is 9.97 Å². The summed E-state index contributed by atoms with van der Waals surface area (Å²) < 4.78 is 1.82. The molecule has 2 heterocycles. The summed E-state index contributed by atoms with van der Waals surface area (Å²) in [5.41, 5.74) is 1.97. The van der Waals surface area contributed by atoms with Gasteiger partial charge in [0.25, 0.3) is 0 Å². The molecule has 1 aromatic carbocycles. The lowest BCUT2D eigenvalue weighted by atomic mass is 10.2. The fourth-order valence-electron chi connectivity index (χ4n) is 1.61. The third-order valence-corrected chi connectivity index (χ3v) is 2.54. The Hall–Kier alpha value is -1.87. The fraction of sp³-hybridized carbons (Fsp3) is 0. The number of fused-ring (bicyclic) bond motifs is 1. The topological polar surface area (TPSA) is 30.2 Å². The molecule has 4 heteroatoms. The predicted octanol–water partition coefficient (Wildman–Crippen LogP) is 3.05. The monoisotopic (exact) mass is 229 g/mol. The van der Waals surface area contributed by atoms with Gasteiger partial charge in [-0.1, -0.05) is 41.9 Å². The number of benzene rings is 1. The first-order chi connectivity index (χ1) is 7.83. The Labute approximate surface area is 97.3 Å². The zero-order valence-corrected chi connectivity index (χ0v) is 9.09. The summed E-state index contributed by atoms with van der Waals surface area (Å²) in [4.78, 5) is 8.56. The lowest BCUT2D eigenvalue weighted by molar-refractivity contribution is 1.11. The molecule has 0 N–H and O–H groups in total. The molecule has 16 heavy (non-hydrogen) atoms. The second-order valence-corrected chi connectivity index (χ2v) is 3.91. The van der Waals surface area contributed by atoms with Gasteiger partial charge in [-0.15, -0.1) is 0 Å². The van der Waals surface area contributed by atoms with Crippen molar-refractivity contribution in [1.82, 2.24) is 14.4 Å². The number of rotatable bonds is 1. The van der Waals surface area contributed by atoms with Gasteiger partial charge in [-0.2, -0.15) is 0 Å². The van der Waals surface area contributed by atoms with Gasteiger partial charge in [-0.3, -0.25) is 4.40 Å². The highest BCUT2D eigenvalue weighted by atomic mass is 35.5. The van der Waals surface area contributed by atoms with Crippen LogP contribution in [0, 0.1) is 0 Å². The summed E-state index contributed by atoms with van der Waals surface area (Å²) in [6.07, 6.45) is 5.31. The number of hydrogen-bond acceptors (Lipinski definition) is 2. The second-order valence-electron chi connectivity index (χ2n) is 3.47. The first-order valence-corrected chi connectivity index (χ1v) is 5.26. The van der Waals surface area contributed by atoms with Crippen molar-refractivity contribution in [2.75, 3.05) is 0 Å². The van der Waals surface area contributed by atoms with E-state index in [4.69, 9.17) is 11.6 Å². The molecule has 3 nitrogen and oxygen atoms in total.